The van der Waals surface area contributed by atoms with Crippen LogP contribution in [0.4, 0.5) is 0 Å². The predicted molar refractivity (Wildman–Crippen MR) is 98.1 cm³/mol. The van der Waals surface area contributed by atoms with Crippen molar-refractivity contribution < 1.29 is 0 Å². The molecule has 1 saturated carbocycles. The lowest BCUT2D eigenvalue weighted by atomic mass is 9.98. The Bertz CT molecular complexity index is 501. The van der Waals surface area contributed by atoms with Gasteiger partial charge < -0.3 is 0 Å². The van der Waals surface area contributed by atoms with E-state index in [1.165, 1.54) is 61.6 Å². The van der Waals surface area contributed by atoms with Gasteiger partial charge in [-0.1, -0.05) is 112 Å². The maximum atomic E-state index is 2.33. The molecule has 0 spiro atoms. The Morgan fingerprint density at radius 1 is 0.727 bits per heavy atom. The first kappa shape index (κ1) is 16.8. The summed E-state index contributed by atoms with van der Waals surface area (Å²) in [6.45, 7) is 4.44. The molecule has 2 aromatic rings. The molecule has 22 heavy (non-hydrogen) atoms. The van der Waals surface area contributed by atoms with Gasteiger partial charge in [0.05, 0.1) is 0 Å². The summed E-state index contributed by atoms with van der Waals surface area (Å²) in [5.74, 6) is 1.08. The molecule has 0 aromatic heterocycles. The van der Waals surface area contributed by atoms with E-state index in [2.05, 4.69) is 62.4 Å². The Labute approximate surface area is 136 Å². The van der Waals surface area contributed by atoms with Crippen LogP contribution in [-0.2, 0) is 0 Å². The molecular weight excluding hydrogens is 264 g/mol. The maximum Gasteiger partial charge on any atom is -0.0184 e. The highest BCUT2D eigenvalue weighted by Crippen LogP contribution is 2.24. The third-order valence-corrected chi connectivity index (χ3v) is 4.71. The van der Waals surface area contributed by atoms with Gasteiger partial charge in [0.25, 0.3) is 0 Å². The Morgan fingerprint density at radius 2 is 1.27 bits per heavy atom. The van der Waals surface area contributed by atoms with Crippen molar-refractivity contribution in [2.24, 2.45) is 5.92 Å². The zero-order valence-corrected chi connectivity index (χ0v) is 14.2. The number of rotatable bonds is 2. The minimum absolute atomic E-state index is 1.08. The summed E-state index contributed by atoms with van der Waals surface area (Å²) in [5.41, 5.74) is 3.87. The van der Waals surface area contributed by atoms with Crippen LogP contribution >= 0.6 is 0 Å². The fraction of sp³-hybridized carbons (Fsp3) is 0.455. The predicted octanol–water partition coefficient (Wildman–Crippen LogP) is 7.03. The minimum Gasteiger partial charge on any atom is -0.0651 e. The molecule has 118 valence electrons. The van der Waals surface area contributed by atoms with Crippen LogP contribution < -0.4 is 0 Å². The largest absolute Gasteiger partial charge is 0.0651 e. The van der Waals surface area contributed by atoms with Crippen LogP contribution in [0, 0.1) is 12.8 Å². The van der Waals surface area contributed by atoms with Gasteiger partial charge in [-0.05, 0) is 24.0 Å². The normalized spacial score (nSPS) is 15.5. The van der Waals surface area contributed by atoms with Crippen molar-refractivity contribution in [3.63, 3.8) is 0 Å². The lowest BCUT2D eigenvalue weighted by molar-refractivity contribution is 0.446. The fourth-order valence-electron chi connectivity index (χ4n) is 3.15. The van der Waals surface area contributed by atoms with Crippen LogP contribution in [0.5, 0.6) is 0 Å². The number of hydrogen-bond acceptors (Lipinski definition) is 0. The molecule has 1 fully saturated rings. The highest BCUT2D eigenvalue weighted by atomic mass is 14.1. The molecule has 2 aromatic carbocycles. The van der Waals surface area contributed by atoms with Crippen molar-refractivity contribution in [3.8, 4) is 11.1 Å². The van der Waals surface area contributed by atoms with Gasteiger partial charge in [0.1, 0.15) is 0 Å². The average Bonchev–Trinajstić information content (AvgIpc) is 2.86. The molecule has 0 atom stereocenters. The molecule has 0 bridgehead atoms. The van der Waals surface area contributed by atoms with E-state index in [4.69, 9.17) is 0 Å². The van der Waals surface area contributed by atoms with Crippen LogP contribution in [0.1, 0.15) is 57.4 Å². The van der Waals surface area contributed by atoms with Gasteiger partial charge in [-0.15, -0.1) is 0 Å². The highest BCUT2D eigenvalue weighted by molar-refractivity contribution is 5.63. The lowest BCUT2D eigenvalue weighted by Gasteiger charge is -2.08. The summed E-state index contributed by atoms with van der Waals surface area (Å²) in [7, 11) is 0. The van der Waals surface area contributed by atoms with E-state index >= 15 is 0 Å². The topological polar surface area (TPSA) is 0 Å². The molecule has 1 aliphatic rings. The van der Waals surface area contributed by atoms with E-state index in [0.29, 0.717) is 0 Å². The Balaban J connectivity index is 0.000000172. The van der Waals surface area contributed by atoms with Crippen molar-refractivity contribution in [3.05, 3.63) is 60.2 Å². The molecule has 0 heteroatoms. The van der Waals surface area contributed by atoms with Crippen LogP contribution in [0.3, 0.4) is 0 Å². The summed E-state index contributed by atoms with van der Waals surface area (Å²) < 4.78 is 0. The smallest absolute Gasteiger partial charge is 0.0184 e. The van der Waals surface area contributed by atoms with Gasteiger partial charge in [-0.25, -0.2) is 0 Å². The van der Waals surface area contributed by atoms with E-state index in [1.807, 2.05) is 6.07 Å². The average molecular weight is 294 g/mol. The molecule has 0 heterocycles. The van der Waals surface area contributed by atoms with Crippen LogP contribution in [-0.4, -0.2) is 0 Å². The first-order valence-electron chi connectivity index (χ1n) is 8.91. The molecule has 1 aliphatic carbocycles. The second-order valence-corrected chi connectivity index (χ2v) is 6.50. The monoisotopic (exact) mass is 294 g/mol. The molecule has 0 N–H and O–H groups in total. The number of benzene rings is 2. The summed E-state index contributed by atoms with van der Waals surface area (Å²) >= 11 is 0. The fourth-order valence-corrected chi connectivity index (χ4v) is 3.15. The van der Waals surface area contributed by atoms with E-state index < -0.39 is 0 Å². The van der Waals surface area contributed by atoms with Gasteiger partial charge in [0.2, 0.25) is 0 Å². The van der Waals surface area contributed by atoms with Crippen LogP contribution in [0.15, 0.2) is 54.6 Å². The van der Waals surface area contributed by atoms with Gasteiger partial charge in [0.15, 0.2) is 0 Å². The first-order valence-corrected chi connectivity index (χ1v) is 8.91. The molecular formula is C22H30. The third kappa shape index (κ3) is 5.67. The van der Waals surface area contributed by atoms with Crippen molar-refractivity contribution in [2.45, 2.75) is 58.8 Å². The quantitative estimate of drug-likeness (QED) is 0.521. The standard InChI is InChI=1S/C13H12.C9H18/c1-11-7-9-13(10-8-11)12-5-3-2-4-6-12;1-2-9-7-5-3-4-6-8-9/h2-10H,1H3;9H,2-8H2,1H3. The molecule has 0 saturated heterocycles. The first-order chi connectivity index (χ1) is 10.8. The molecule has 3 rings (SSSR count). The molecule has 0 unspecified atom stereocenters. The summed E-state index contributed by atoms with van der Waals surface area (Å²) in [4.78, 5) is 0. The van der Waals surface area contributed by atoms with E-state index in [1.54, 1.807) is 0 Å². The van der Waals surface area contributed by atoms with Crippen molar-refractivity contribution in [1.29, 1.82) is 0 Å². The van der Waals surface area contributed by atoms with Gasteiger partial charge in [-0.3, -0.25) is 0 Å². The summed E-state index contributed by atoms with van der Waals surface area (Å²) in [6.07, 6.45) is 10.4. The highest BCUT2D eigenvalue weighted by Gasteiger charge is 2.08. The molecule has 0 radical (unpaired) electrons. The lowest BCUT2D eigenvalue weighted by Crippen LogP contribution is -1.94. The second kappa shape index (κ2) is 9.46. The number of aryl methyl sites for hydroxylation is 1. The molecule has 0 nitrogen and oxygen atoms in total. The van der Waals surface area contributed by atoms with Crippen LogP contribution in [0.25, 0.3) is 11.1 Å². The maximum absolute atomic E-state index is 2.33. The van der Waals surface area contributed by atoms with E-state index in [-0.39, 0.29) is 0 Å². The second-order valence-electron chi connectivity index (χ2n) is 6.50. The SMILES string of the molecule is CCC1CCCCCC1.Cc1ccc(-c2ccccc2)cc1. The Hall–Kier alpha value is -1.56. The van der Waals surface area contributed by atoms with Gasteiger partial charge in [0, 0.05) is 0 Å². The summed E-state index contributed by atoms with van der Waals surface area (Å²) in [6, 6.07) is 19.0. The van der Waals surface area contributed by atoms with E-state index in [9.17, 15) is 0 Å². The Kier molecular flexibility index (Phi) is 7.22. The minimum atomic E-state index is 1.08. The number of hydrogen-bond donors (Lipinski definition) is 0. The third-order valence-electron chi connectivity index (χ3n) is 4.71. The van der Waals surface area contributed by atoms with Gasteiger partial charge >= 0.3 is 0 Å². The molecule has 0 aliphatic heterocycles. The molecule has 0 amide bonds. The van der Waals surface area contributed by atoms with Crippen molar-refractivity contribution >= 4 is 0 Å². The Morgan fingerprint density at radius 3 is 1.82 bits per heavy atom. The zero-order valence-electron chi connectivity index (χ0n) is 14.2. The van der Waals surface area contributed by atoms with Crippen LogP contribution in [0.2, 0.25) is 0 Å². The van der Waals surface area contributed by atoms with Crippen molar-refractivity contribution in [1.82, 2.24) is 0 Å². The van der Waals surface area contributed by atoms with Gasteiger partial charge in [-0.2, -0.15) is 0 Å². The van der Waals surface area contributed by atoms with E-state index in [0.717, 1.165) is 5.92 Å². The summed E-state index contributed by atoms with van der Waals surface area (Å²) in [5, 5.41) is 0. The zero-order chi connectivity index (χ0) is 15.6. The van der Waals surface area contributed by atoms with Crippen molar-refractivity contribution in [2.75, 3.05) is 0 Å².